The molecular formula is C16H25NOS. The Morgan fingerprint density at radius 2 is 2.16 bits per heavy atom. The van der Waals surface area contributed by atoms with E-state index in [0.717, 1.165) is 30.6 Å². The van der Waals surface area contributed by atoms with Gasteiger partial charge in [-0.1, -0.05) is 32.1 Å². The van der Waals surface area contributed by atoms with Gasteiger partial charge in [0, 0.05) is 16.8 Å². The minimum atomic E-state index is -0.434. The molecule has 0 amide bonds. The molecule has 0 spiro atoms. The van der Waals surface area contributed by atoms with Crippen molar-refractivity contribution in [2.75, 3.05) is 6.61 Å². The average Bonchev–Trinajstić information content (AvgIpc) is 2.89. The Bertz CT molecular complexity index is 423. The Morgan fingerprint density at radius 3 is 2.79 bits per heavy atom. The highest BCUT2D eigenvalue weighted by atomic mass is 32.1. The second kappa shape index (κ2) is 8.37. The Balaban J connectivity index is 2.48. The van der Waals surface area contributed by atoms with Gasteiger partial charge in [-0.2, -0.15) is 0 Å². The molecule has 1 heterocycles. The lowest BCUT2D eigenvalue weighted by atomic mass is 9.92. The molecule has 1 atom stereocenters. The Labute approximate surface area is 121 Å². The molecule has 1 aromatic heterocycles. The monoisotopic (exact) mass is 279 g/mol. The van der Waals surface area contributed by atoms with E-state index in [0.29, 0.717) is 0 Å². The zero-order valence-corrected chi connectivity index (χ0v) is 12.9. The normalized spacial score (nSPS) is 13.7. The van der Waals surface area contributed by atoms with Crippen molar-refractivity contribution in [1.82, 2.24) is 0 Å². The number of hydrogen-bond acceptors (Lipinski definition) is 3. The maximum atomic E-state index is 9.29. The molecule has 0 radical (unpaired) electrons. The second-order valence-electron chi connectivity index (χ2n) is 5.05. The lowest BCUT2D eigenvalue weighted by Crippen LogP contribution is -2.43. The molecule has 19 heavy (non-hydrogen) atoms. The quantitative estimate of drug-likeness (QED) is 0.594. The van der Waals surface area contributed by atoms with Gasteiger partial charge in [-0.3, -0.25) is 0 Å². The summed E-state index contributed by atoms with van der Waals surface area (Å²) in [5.74, 6) is 6.42. The van der Waals surface area contributed by atoms with E-state index in [1.54, 1.807) is 11.3 Å². The van der Waals surface area contributed by atoms with Gasteiger partial charge in [0.15, 0.2) is 0 Å². The highest BCUT2D eigenvalue weighted by Gasteiger charge is 2.21. The minimum absolute atomic E-state index is 0.0541. The molecule has 1 unspecified atom stereocenters. The summed E-state index contributed by atoms with van der Waals surface area (Å²) in [5.41, 5.74) is 5.66. The van der Waals surface area contributed by atoms with Crippen LogP contribution in [0.4, 0.5) is 0 Å². The lowest BCUT2D eigenvalue weighted by Gasteiger charge is -2.25. The zero-order valence-electron chi connectivity index (χ0n) is 12.0. The molecule has 0 fully saturated rings. The highest BCUT2D eigenvalue weighted by Crippen LogP contribution is 2.21. The highest BCUT2D eigenvalue weighted by molar-refractivity contribution is 7.12. The van der Waals surface area contributed by atoms with Crippen LogP contribution >= 0.6 is 11.3 Å². The van der Waals surface area contributed by atoms with Crippen molar-refractivity contribution in [3.8, 4) is 11.8 Å². The van der Waals surface area contributed by atoms with Crippen LogP contribution in [-0.4, -0.2) is 17.3 Å². The van der Waals surface area contributed by atoms with Gasteiger partial charge in [0.05, 0.1) is 11.5 Å². The fraction of sp³-hybridized carbons (Fsp3) is 0.625. The van der Waals surface area contributed by atoms with Crippen molar-refractivity contribution in [3.63, 3.8) is 0 Å². The first-order valence-corrected chi connectivity index (χ1v) is 7.92. The molecule has 0 saturated heterocycles. The lowest BCUT2D eigenvalue weighted by molar-refractivity contribution is 0.183. The summed E-state index contributed by atoms with van der Waals surface area (Å²) in [5, 5.41) is 9.29. The first kappa shape index (κ1) is 16.2. The van der Waals surface area contributed by atoms with Crippen LogP contribution in [0.3, 0.4) is 0 Å². The number of rotatable bonds is 7. The molecule has 0 aliphatic rings. The van der Waals surface area contributed by atoms with E-state index in [1.165, 1.54) is 17.7 Å². The topological polar surface area (TPSA) is 46.2 Å². The van der Waals surface area contributed by atoms with Crippen molar-refractivity contribution in [3.05, 3.63) is 21.9 Å². The fourth-order valence-corrected chi connectivity index (χ4v) is 2.62. The van der Waals surface area contributed by atoms with Gasteiger partial charge in [0.2, 0.25) is 0 Å². The van der Waals surface area contributed by atoms with Crippen molar-refractivity contribution in [2.45, 2.75) is 57.9 Å². The van der Waals surface area contributed by atoms with E-state index in [1.807, 2.05) is 6.92 Å². The smallest absolute Gasteiger partial charge is 0.0771 e. The molecule has 3 heteroatoms. The van der Waals surface area contributed by atoms with Gasteiger partial charge in [0.1, 0.15) is 0 Å². The third-order valence-electron chi connectivity index (χ3n) is 3.42. The summed E-state index contributed by atoms with van der Waals surface area (Å²) in [6.07, 6.45) is 5.90. The van der Waals surface area contributed by atoms with Crippen LogP contribution in [0.1, 0.15) is 55.7 Å². The number of thiophene rings is 1. The van der Waals surface area contributed by atoms with Crippen LogP contribution in [0.15, 0.2) is 12.1 Å². The maximum absolute atomic E-state index is 9.29. The Morgan fingerprint density at radius 1 is 1.37 bits per heavy atom. The number of aliphatic hydroxyl groups is 1. The van der Waals surface area contributed by atoms with Crippen LogP contribution in [-0.2, 0) is 6.42 Å². The number of aliphatic hydroxyl groups excluding tert-OH is 1. The van der Waals surface area contributed by atoms with E-state index in [-0.39, 0.29) is 6.61 Å². The molecule has 0 aromatic carbocycles. The van der Waals surface area contributed by atoms with Gasteiger partial charge in [-0.25, -0.2) is 0 Å². The molecule has 106 valence electrons. The number of aryl methyl sites for hydroxylation is 1. The summed E-state index contributed by atoms with van der Waals surface area (Å²) in [7, 11) is 0. The van der Waals surface area contributed by atoms with E-state index < -0.39 is 5.54 Å². The largest absolute Gasteiger partial charge is 0.394 e. The van der Waals surface area contributed by atoms with Crippen molar-refractivity contribution >= 4 is 11.3 Å². The summed E-state index contributed by atoms with van der Waals surface area (Å²) in [4.78, 5) is 2.44. The number of hydrogen-bond donors (Lipinski definition) is 2. The second-order valence-corrected chi connectivity index (χ2v) is 6.21. The van der Waals surface area contributed by atoms with Crippen LogP contribution in [0, 0.1) is 11.8 Å². The molecule has 3 N–H and O–H groups in total. The Kier molecular flexibility index (Phi) is 7.15. The molecule has 0 saturated carbocycles. The number of nitrogens with two attached hydrogens (primary N) is 1. The summed E-state index contributed by atoms with van der Waals surface area (Å²) in [6.45, 7) is 4.26. The summed E-state index contributed by atoms with van der Waals surface area (Å²) in [6, 6.07) is 4.21. The molecule has 1 aromatic rings. The van der Waals surface area contributed by atoms with E-state index in [9.17, 15) is 5.11 Å². The molecular weight excluding hydrogens is 254 g/mol. The zero-order chi connectivity index (χ0) is 14.1. The van der Waals surface area contributed by atoms with Gasteiger partial charge >= 0.3 is 0 Å². The first-order valence-electron chi connectivity index (χ1n) is 7.11. The van der Waals surface area contributed by atoms with E-state index >= 15 is 0 Å². The maximum Gasteiger partial charge on any atom is 0.0771 e. The van der Waals surface area contributed by atoms with Crippen LogP contribution in [0.5, 0.6) is 0 Å². The van der Waals surface area contributed by atoms with E-state index in [2.05, 4.69) is 30.9 Å². The standard InChI is InChI=1S/C16H25NOS/c1-3-5-6-7-8-14-9-10-15(19-14)11-12-16(17,4-2)13-18/h9-10,18H,3-6,11-13,17H2,1-2H3. The average molecular weight is 279 g/mol. The molecule has 1 rings (SSSR count). The van der Waals surface area contributed by atoms with E-state index in [4.69, 9.17) is 5.73 Å². The predicted molar refractivity (Wildman–Crippen MR) is 83.3 cm³/mol. The third kappa shape index (κ3) is 5.78. The van der Waals surface area contributed by atoms with Crippen LogP contribution < -0.4 is 5.73 Å². The van der Waals surface area contributed by atoms with Gasteiger partial charge in [-0.05, 0) is 37.8 Å². The minimum Gasteiger partial charge on any atom is -0.394 e. The fourth-order valence-electron chi connectivity index (χ4n) is 1.73. The summed E-state index contributed by atoms with van der Waals surface area (Å²) < 4.78 is 0. The summed E-state index contributed by atoms with van der Waals surface area (Å²) >= 11 is 1.74. The van der Waals surface area contributed by atoms with Crippen molar-refractivity contribution in [2.24, 2.45) is 5.73 Å². The van der Waals surface area contributed by atoms with Gasteiger partial charge in [-0.15, -0.1) is 11.3 Å². The van der Waals surface area contributed by atoms with Crippen LogP contribution in [0.25, 0.3) is 0 Å². The van der Waals surface area contributed by atoms with Gasteiger partial charge in [0.25, 0.3) is 0 Å². The molecule has 0 bridgehead atoms. The van der Waals surface area contributed by atoms with Gasteiger partial charge < -0.3 is 10.8 Å². The Hall–Kier alpha value is -0.820. The predicted octanol–water partition coefficient (Wildman–Crippen LogP) is 3.32. The van der Waals surface area contributed by atoms with Crippen molar-refractivity contribution < 1.29 is 5.11 Å². The molecule has 0 aliphatic heterocycles. The van der Waals surface area contributed by atoms with Crippen LogP contribution in [0.2, 0.25) is 0 Å². The molecule has 2 nitrogen and oxygen atoms in total. The van der Waals surface area contributed by atoms with Crippen molar-refractivity contribution in [1.29, 1.82) is 0 Å². The first-order chi connectivity index (χ1) is 9.13. The number of unbranched alkanes of at least 4 members (excludes halogenated alkanes) is 2. The SMILES string of the molecule is CCCCC#Cc1ccc(CCC(N)(CC)CO)s1. The molecule has 0 aliphatic carbocycles. The third-order valence-corrected chi connectivity index (χ3v) is 4.48.